The molecule has 1 amide bonds. The zero-order valence-electron chi connectivity index (χ0n) is 13.5. The van der Waals surface area contributed by atoms with E-state index >= 15 is 0 Å². The SMILES string of the molecule is CC(C)c1ccc(S[C@H]2CCN(C3CCOCC3)C2=O)cc1. The number of amides is 1. The van der Waals surface area contributed by atoms with Crippen molar-refractivity contribution in [1.29, 1.82) is 0 Å². The Hall–Kier alpha value is -1.00. The summed E-state index contributed by atoms with van der Waals surface area (Å²) >= 11 is 1.73. The van der Waals surface area contributed by atoms with Gasteiger partial charge in [-0.15, -0.1) is 11.8 Å². The van der Waals surface area contributed by atoms with E-state index in [1.807, 2.05) is 0 Å². The Labute approximate surface area is 137 Å². The van der Waals surface area contributed by atoms with Gasteiger partial charge in [-0.2, -0.15) is 0 Å². The van der Waals surface area contributed by atoms with Crippen molar-refractivity contribution in [2.24, 2.45) is 0 Å². The van der Waals surface area contributed by atoms with Gasteiger partial charge in [0.05, 0.1) is 5.25 Å². The number of nitrogens with zero attached hydrogens (tertiary/aromatic N) is 1. The highest BCUT2D eigenvalue weighted by Gasteiger charge is 2.36. The van der Waals surface area contributed by atoms with Crippen LogP contribution in [0.1, 0.15) is 44.6 Å². The maximum absolute atomic E-state index is 12.6. The van der Waals surface area contributed by atoms with E-state index in [1.54, 1.807) is 11.8 Å². The molecule has 3 rings (SSSR count). The van der Waals surface area contributed by atoms with Crippen molar-refractivity contribution in [3.63, 3.8) is 0 Å². The molecular weight excluding hydrogens is 294 g/mol. The summed E-state index contributed by atoms with van der Waals surface area (Å²) in [5.74, 6) is 0.876. The Morgan fingerprint density at radius 2 is 1.82 bits per heavy atom. The monoisotopic (exact) mass is 319 g/mol. The summed E-state index contributed by atoms with van der Waals surface area (Å²) in [6.45, 7) is 6.90. The molecule has 120 valence electrons. The first-order valence-corrected chi connectivity index (χ1v) is 9.18. The van der Waals surface area contributed by atoms with Crippen LogP contribution in [0.3, 0.4) is 0 Å². The van der Waals surface area contributed by atoms with Gasteiger partial charge in [-0.3, -0.25) is 4.79 Å². The summed E-state index contributed by atoms with van der Waals surface area (Å²) in [5.41, 5.74) is 1.35. The number of ether oxygens (including phenoxy) is 1. The molecule has 2 fully saturated rings. The van der Waals surface area contributed by atoms with Crippen LogP contribution < -0.4 is 0 Å². The minimum atomic E-state index is 0.0905. The number of hydrogen-bond acceptors (Lipinski definition) is 3. The Balaban J connectivity index is 1.60. The molecule has 2 aliphatic rings. The van der Waals surface area contributed by atoms with Crippen molar-refractivity contribution in [3.05, 3.63) is 29.8 Å². The van der Waals surface area contributed by atoms with Crippen molar-refractivity contribution in [2.75, 3.05) is 19.8 Å². The van der Waals surface area contributed by atoms with E-state index in [2.05, 4.69) is 43.0 Å². The standard InChI is InChI=1S/C18H25NO2S/c1-13(2)14-3-5-16(6-4-14)22-17-7-10-19(18(17)20)15-8-11-21-12-9-15/h3-6,13,15,17H,7-12H2,1-2H3/t17-/m0/s1. The summed E-state index contributed by atoms with van der Waals surface area (Å²) < 4.78 is 5.40. The normalized spacial score (nSPS) is 23.5. The van der Waals surface area contributed by atoms with Crippen LogP contribution in [-0.2, 0) is 9.53 Å². The first-order valence-electron chi connectivity index (χ1n) is 8.30. The number of likely N-dealkylation sites (tertiary alicyclic amines) is 1. The molecule has 0 bridgehead atoms. The topological polar surface area (TPSA) is 29.5 Å². The van der Waals surface area contributed by atoms with Gasteiger partial charge in [0, 0.05) is 30.7 Å². The van der Waals surface area contributed by atoms with Crippen LogP contribution in [0.5, 0.6) is 0 Å². The van der Waals surface area contributed by atoms with Crippen LogP contribution in [0.25, 0.3) is 0 Å². The molecule has 1 aromatic rings. The molecule has 1 aromatic carbocycles. The summed E-state index contributed by atoms with van der Waals surface area (Å²) in [6.07, 6.45) is 2.95. The van der Waals surface area contributed by atoms with E-state index in [1.165, 1.54) is 10.5 Å². The Morgan fingerprint density at radius 1 is 1.14 bits per heavy atom. The van der Waals surface area contributed by atoms with Crippen molar-refractivity contribution in [2.45, 2.75) is 55.2 Å². The predicted octanol–water partition coefficient (Wildman–Crippen LogP) is 3.68. The molecule has 2 saturated heterocycles. The van der Waals surface area contributed by atoms with Crippen LogP contribution >= 0.6 is 11.8 Å². The molecule has 0 N–H and O–H groups in total. The summed E-state index contributed by atoms with van der Waals surface area (Å²) in [6, 6.07) is 9.08. The fourth-order valence-electron chi connectivity index (χ4n) is 3.24. The van der Waals surface area contributed by atoms with E-state index in [9.17, 15) is 4.79 Å². The minimum Gasteiger partial charge on any atom is -0.381 e. The third kappa shape index (κ3) is 3.49. The number of rotatable bonds is 4. The van der Waals surface area contributed by atoms with E-state index < -0.39 is 0 Å². The van der Waals surface area contributed by atoms with Gasteiger partial charge in [-0.05, 0) is 42.9 Å². The smallest absolute Gasteiger partial charge is 0.236 e. The largest absolute Gasteiger partial charge is 0.381 e. The third-order valence-electron chi connectivity index (χ3n) is 4.65. The highest BCUT2D eigenvalue weighted by atomic mass is 32.2. The lowest BCUT2D eigenvalue weighted by Gasteiger charge is -2.31. The number of carbonyl (C=O) groups excluding carboxylic acids is 1. The molecule has 2 heterocycles. The predicted molar refractivity (Wildman–Crippen MR) is 90.3 cm³/mol. The Bertz CT molecular complexity index is 508. The van der Waals surface area contributed by atoms with E-state index in [4.69, 9.17) is 4.74 Å². The van der Waals surface area contributed by atoms with Gasteiger partial charge in [0.25, 0.3) is 0 Å². The molecule has 2 aliphatic heterocycles. The van der Waals surface area contributed by atoms with Gasteiger partial charge >= 0.3 is 0 Å². The van der Waals surface area contributed by atoms with Crippen LogP contribution in [0, 0.1) is 0 Å². The van der Waals surface area contributed by atoms with Crippen molar-refractivity contribution < 1.29 is 9.53 Å². The minimum absolute atomic E-state index is 0.0905. The average molecular weight is 319 g/mol. The third-order valence-corrected chi connectivity index (χ3v) is 5.91. The van der Waals surface area contributed by atoms with Gasteiger partial charge in [0.15, 0.2) is 0 Å². The summed E-state index contributed by atoms with van der Waals surface area (Å²) in [4.78, 5) is 16.0. The zero-order valence-corrected chi connectivity index (χ0v) is 14.3. The van der Waals surface area contributed by atoms with Gasteiger partial charge < -0.3 is 9.64 Å². The molecule has 0 spiro atoms. The van der Waals surface area contributed by atoms with Gasteiger partial charge in [0.1, 0.15) is 0 Å². The molecule has 1 atom stereocenters. The number of hydrogen-bond donors (Lipinski definition) is 0. The maximum Gasteiger partial charge on any atom is 0.236 e. The van der Waals surface area contributed by atoms with Crippen LogP contribution in [0.4, 0.5) is 0 Å². The second-order valence-electron chi connectivity index (χ2n) is 6.49. The van der Waals surface area contributed by atoms with Crippen molar-refractivity contribution in [3.8, 4) is 0 Å². The van der Waals surface area contributed by atoms with E-state index in [-0.39, 0.29) is 5.25 Å². The van der Waals surface area contributed by atoms with E-state index in [0.717, 1.165) is 39.0 Å². The lowest BCUT2D eigenvalue weighted by molar-refractivity contribution is -0.130. The lowest BCUT2D eigenvalue weighted by Crippen LogP contribution is -2.41. The molecule has 0 unspecified atom stereocenters. The van der Waals surface area contributed by atoms with Gasteiger partial charge in [0.2, 0.25) is 5.91 Å². The number of carbonyl (C=O) groups is 1. The summed E-state index contributed by atoms with van der Waals surface area (Å²) in [7, 11) is 0. The molecule has 0 radical (unpaired) electrons. The zero-order chi connectivity index (χ0) is 15.5. The molecular formula is C18H25NO2S. The first-order chi connectivity index (χ1) is 10.6. The molecule has 4 heteroatoms. The maximum atomic E-state index is 12.6. The van der Waals surface area contributed by atoms with Crippen LogP contribution in [0.15, 0.2) is 29.2 Å². The van der Waals surface area contributed by atoms with Crippen LogP contribution in [-0.4, -0.2) is 41.9 Å². The lowest BCUT2D eigenvalue weighted by atomic mass is 10.0. The second kappa shape index (κ2) is 7.05. The molecule has 0 saturated carbocycles. The Morgan fingerprint density at radius 3 is 2.45 bits per heavy atom. The summed E-state index contributed by atoms with van der Waals surface area (Å²) in [5, 5.41) is 0.0905. The van der Waals surface area contributed by atoms with Crippen molar-refractivity contribution in [1.82, 2.24) is 4.90 Å². The highest BCUT2D eigenvalue weighted by molar-refractivity contribution is 8.00. The first kappa shape index (κ1) is 15.9. The number of benzene rings is 1. The molecule has 0 aromatic heterocycles. The van der Waals surface area contributed by atoms with E-state index in [0.29, 0.717) is 17.9 Å². The van der Waals surface area contributed by atoms with Gasteiger partial charge in [-0.1, -0.05) is 26.0 Å². The molecule has 3 nitrogen and oxygen atoms in total. The molecule has 0 aliphatic carbocycles. The Kier molecular flexibility index (Phi) is 5.09. The highest BCUT2D eigenvalue weighted by Crippen LogP contribution is 2.33. The number of thioether (sulfide) groups is 1. The fraction of sp³-hybridized carbons (Fsp3) is 0.611. The quantitative estimate of drug-likeness (QED) is 0.848. The second-order valence-corrected chi connectivity index (χ2v) is 7.77. The molecule has 22 heavy (non-hydrogen) atoms. The van der Waals surface area contributed by atoms with Crippen molar-refractivity contribution >= 4 is 17.7 Å². The van der Waals surface area contributed by atoms with Gasteiger partial charge in [-0.25, -0.2) is 0 Å². The average Bonchev–Trinajstić information content (AvgIpc) is 2.90. The fourth-order valence-corrected chi connectivity index (χ4v) is 4.32. The van der Waals surface area contributed by atoms with Crippen LogP contribution in [0.2, 0.25) is 0 Å².